The summed E-state index contributed by atoms with van der Waals surface area (Å²) in [4.78, 5) is 13.2. The number of ether oxygens (including phenoxy) is 2. The topological polar surface area (TPSA) is 84.6 Å². The Bertz CT molecular complexity index is 1150. The van der Waals surface area contributed by atoms with Gasteiger partial charge in [0.15, 0.2) is 0 Å². The number of rotatable bonds is 5. The number of amides is 1. The fourth-order valence-corrected chi connectivity index (χ4v) is 2.88. The molecule has 3 aromatic rings. The van der Waals surface area contributed by atoms with Crippen molar-refractivity contribution in [1.82, 2.24) is 5.10 Å². The van der Waals surface area contributed by atoms with Crippen molar-refractivity contribution in [1.29, 1.82) is 0 Å². The first kappa shape index (κ1) is 23.9. The van der Waals surface area contributed by atoms with E-state index in [1.165, 1.54) is 6.07 Å². The number of halogens is 7. The van der Waals surface area contributed by atoms with E-state index in [4.69, 9.17) is 21.5 Å². The molecule has 0 aliphatic rings. The zero-order valence-corrected chi connectivity index (χ0v) is 16.7. The average Bonchev–Trinajstić information content (AvgIpc) is 2.69. The van der Waals surface area contributed by atoms with Crippen molar-refractivity contribution in [3.8, 4) is 17.2 Å². The van der Waals surface area contributed by atoms with Crippen LogP contribution >= 0.6 is 11.6 Å². The van der Waals surface area contributed by atoms with E-state index in [0.29, 0.717) is 10.9 Å². The molecule has 0 atom stereocenters. The molecule has 33 heavy (non-hydrogen) atoms. The van der Waals surface area contributed by atoms with Crippen molar-refractivity contribution in [2.45, 2.75) is 12.5 Å². The van der Waals surface area contributed by atoms with Crippen LogP contribution in [0.1, 0.15) is 15.9 Å². The number of carbonyl (C=O) groups is 1. The fourth-order valence-electron chi connectivity index (χ4n) is 2.53. The molecule has 0 aliphatic heterocycles. The van der Waals surface area contributed by atoms with Gasteiger partial charge >= 0.3 is 12.5 Å². The molecule has 0 spiro atoms. The fraction of sp³-hybridized carbons (Fsp3) is 0.105. The first-order valence-electron chi connectivity index (χ1n) is 8.65. The van der Waals surface area contributed by atoms with Crippen molar-refractivity contribution in [3.63, 3.8) is 0 Å². The molecular formula is C19H11ClF6N3O4+. The minimum absolute atomic E-state index is 0.0124. The first-order chi connectivity index (χ1) is 15.3. The van der Waals surface area contributed by atoms with Crippen LogP contribution in [0.25, 0.3) is 0 Å². The molecule has 7 nitrogen and oxygen atoms in total. The lowest BCUT2D eigenvalue weighted by molar-refractivity contribution is -0.948. The van der Waals surface area contributed by atoms with Crippen LogP contribution in [0.15, 0.2) is 54.9 Å². The molecule has 2 aromatic carbocycles. The Hall–Kier alpha value is -3.74. The van der Waals surface area contributed by atoms with Crippen LogP contribution in [0.5, 0.6) is 17.2 Å². The number of nitrogens with zero attached hydrogens (tertiary/aromatic N) is 2. The maximum absolute atomic E-state index is 13.3. The average molecular weight is 495 g/mol. The van der Waals surface area contributed by atoms with Crippen molar-refractivity contribution in [2.24, 2.45) is 0 Å². The number of hydrogen-bond acceptors (Lipinski definition) is 5. The summed E-state index contributed by atoms with van der Waals surface area (Å²) >= 11 is 5.88. The second-order valence-electron chi connectivity index (χ2n) is 6.21. The highest BCUT2D eigenvalue weighted by Gasteiger charge is 2.36. The second kappa shape index (κ2) is 9.02. The molecule has 14 heteroatoms. The van der Waals surface area contributed by atoms with Gasteiger partial charge in [0.25, 0.3) is 12.1 Å². The van der Waals surface area contributed by atoms with Crippen molar-refractivity contribution in [2.75, 3.05) is 5.32 Å². The second-order valence-corrected chi connectivity index (χ2v) is 6.59. The standard InChI is InChI=1S/C19H10ClF6N3O4/c20-16-13(18(21,22)23)5-6-14(15(16)17(30)28-10-7-8-29(31)27-9-10)32-11-1-3-12(4-2-11)33-19(24,25)26/h1-9,31H/p+1. The highest BCUT2D eigenvalue weighted by atomic mass is 35.5. The maximum Gasteiger partial charge on any atom is 0.573 e. The SMILES string of the molecule is O=C(Nc1cc[n+](O)nc1)c1c(Oc2ccc(OC(F)(F)F)cc2)ccc(C(F)(F)F)c1Cl. The molecule has 0 unspecified atom stereocenters. The number of aromatic nitrogens is 2. The van der Waals surface area contributed by atoms with Crippen molar-refractivity contribution >= 4 is 23.2 Å². The van der Waals surface area contributed by atoms with E-state index in [1.807, 2.05) is 0 Å². The van der Waals surface area contributed by atoms with Gasteiger partial charge in [0.2, 0.25) is 0 Å². The van der Waals surface area contributed by atoms with E-state index in [9.17, 15) is 31.1 Å². The molecule has 1 amide bonds. The van der Waals surface area contributed by atoms with E-state index in [0.717, 1.165) is 42.7 Å². The lowest BCUT2D eigenvalue weighted by Crippen LogP contribution is -2.33. The third kappa shape index (κ3) is 6.16. The lowest BCUT2D eigenvalue weighted by atomic mass is 10.1. The Balaban J connectivity index is 1.96. The largest absolute Gasteiger partial charge is 0.573 e. The Morgan fingerprint density at radius 3 is 2.18 bits per heavy atom. The summed E-state index contributed by atoms with van der Waals surface area (Å²) in [5.41, 5.74) is -1.99. The monoisotopic (exact) mass is 494 g/mol. The van der Waals surface area contributed by atoms with Crippen LogP contribution in [-0.2, 0) is 6.18 Å². The van der Waals surface area contributed by atoms with Crippen LogP contribution in [-0.4, -0.2) is 22.6 Å². The van der Waals surface area contributed by atoms with Gasteiger partial charge in [0.1, 0.15) is 33.9 Å². The summed E-state index contributed by atoms with van der Waals surface area (Å²) < 4.78 is 85.9. The summed E-state index contributed by atoms with van der Waals surface area (Å²) in [7, 11) is 0. The molecule has 0 saturated heterocycles. The van der Waals surface area contributed by atoms with Gasteiger partial charge in [-0.05, 0) is 36.4 Å². The maximum atomic E-state index is 13.3. The minimum atomic E-state index is -4.92. The zero-order chi connectivity index (χ0) is 24.4. The number of nitrogens with one attached hydrogen (secondary N) is 1. The van der Waals surface area contributed by atoms with Gasteiger partial charge in [-0.2, -0.15) is 13.2 Å². The van der Waals surface area contributed by atoms with Crippen LogP contribution in [0.4, 0.5) is 32.0 Å². The Labute approximate surface area is 185 Å². The molecule has 0 radical (unpaired) electrons. The van der Waals surface area contributed by atoms with E-state index in [2.05, 4.69) is 15.2 Å². The molecule has 0 saturated carbocycles. The van der Waals surface area contributed by atoms with E-state index in [-0.39, 0.29) is 11.4 Å². The number of benzene rings is 2. The predicted octanol–water partition coefficient (Wildman–Crippen LogP) is 5.22. The summed E-state index contributed by atoms with van der Waals surface area (Å²) in [5, 5.41) is 13.9. The minimum Gasteiger partial charge on any atom is -0.456 e. The first-order valence-corrected chi connectivity index (χ1v) is 9.03. The normalized spacial score (nSPS) is 11.7. The summed E-state index contributed by atoms with van der Waals surface area (Å²) in [6.45, 7) is 0. The Morgan fingerprint density at radius 1 is 1.00 bits per heavy atom. The zero-order valence-electron chi connectivity index (χ0n) is 15.9. The van der Waals surface area contributed by atoms with Gasteiger partial charge in [-0.1, -0.05) is 11.6 Å². The Kier molecular flexibility index (Phi) is 6.53. The smallest absolute Gasteiger partial charge is 0.456 e. The van der Waals surface area contributed by atoms with Crippen LogP contribution in [0.2, 0.25) is 5.02 Å². The molecule has 3 rings (SSSR count). The van der Waals surface area contributed by atoms with Gasteiger partial charge in [0.05, 0.1) is 16.3 Å². The highest BCUT2D eigenvalue weighted by molar-refractivity contribution is 6.35. The predicted molar refractivity (Wildman–Crippen MR) is 99.2 cm³/mol. The molecule has 0 bridgehead atoms. The highest BCUT2D eigenvalue weighted by Crippen LogP contribution is 2.41. The van der Waals surface area contributed by atoms with Gasteiger partial charge in [-0.15, -0.1) is 13.2 Å². The summed E-state index contributed by atoms with van der Waals surface area (Å²) in [6.07, 6.45) is -7.75. The Morgan fingerprint density at radius 2 is 1.64 bits per heavy atom. The number of carbonyl (C=O) groups excluding carboxylic acids is 1. The van der Waals surface area contributed by atoms with E-state index in [1.54, 1.807) is 0 Å². The van der Waals surface area contributed by atoms with Crippen molar-refractivity contribution in [3.05, 3.63) is 71.0 Å². The molecule has 1 aromatic heterocycles. The van der Waals surface area contributed by atoms with Gasteiger partial charge < -0.3 is 14.8 Å². The molecule has 1 heterocycles. The van der Waals surface area contributed by atoms with Crippen LogP contribution in [0, 0.1) is 0 Å². The number of hydrogen-bond donors (Lipinski definition) is 2. The third-order valence-corrected chi connectivity index (χ3v) is 4.27. The molecule has 0 aliphatic carbocycles. The molecule has 2 N–H and O–H groups in total. The van der Waals surface area contributed by atoms with Crippen LogP contribution in [0.3, 0.4) is 0 Å². The number of alkyl halides is 6. The number of anilines is 1. The van der Waals surface area contributed by atoms with Crippen molar-refractivity contribution < 1.29 is 50.7 Å². The van der Waals surface area contributed by atoms with E-state index < -0.39 is 46.1 Å². The van der Waals surface area contributed by atoms with Gasteiger partial charge in [0, 0.05) is 11.2 Å². The quantitative estimate of drug-likeness (QED) is 0.288. The molecule has 0 fully saturated rings. The van der Waals surface area contributed by atoms with Gasteiger partial charge in [-0.3, -0.25) is 10.0 Å². The molecule has 174 valence electrons. The van der Waals surface area contributed by atoms with Crippen LogP contribution < -0.4 is 19.6 Å². The van der Waals surface area contributed by atoms with E-state index >= 15 is 0 Å². The summed E-state index contributed by atoms with van der Waals surface area (Å²) in [5.74, 6) is -2.18. The lowest BCUT2D eigenvalue weighted by Gasteiger charge is -2.17. The molecular weight excluding hydrogens is 484 g/mol. The summed E-state index contributed by atoms with van der Waals surface area (Å²) in [6, 6.07) is 6.56. The van der Waals surface area contributed by atoms with Gasteiger partial charge in [-0.25, -0.2) is 0 Å². The third-order valence-electron chi connectivity index (χ3n) is 3.88.